The van der Waals surface area contributed by atoms with Crippen LogP contribution >= 0.6 is 15.9 Å². The summed E-state index contributed by atoms with van der Waals surface area (Å²) < 4.78 is 13.3. The lowest BCUT2D eigenvalue weighted by molar-refractivity contribution is 0.515. The molecule has 0 nitrogen and oxygen atoms in total. The highest BCUT2D eigenvalue weighted by molar-refractivity contribution is 9.10. The van der Waals surface area contributed by atoms with Gasteiger partial charge in [-0.25, -0.2) is 0 Å². The summed E-state index contributed by atoms with van der Waals surface area (Å²) in [6.07, 6.45) is 0. The summed E-state index contributed by atoms with van der Waals surface area (Å²) in [7, 11) is 0. The second-order valence-electron chi connectivity index (χ2n) is 2.90. The van der Waals surface area contributed by atoms with E-state index in [1.807, 2.05) is 25.1 Å². The van der Waals surface area contributed by atoms with Crippen LogP contribution < -0.4 is 0 Å². The molecule has 0 amide bonds. The summed E-state index contributed by atoms with van der Waals surface area (Å²) in [6.45, 7) is 3.42. The van der Waals surface area contributed by atoms with E-state index in [2.05, 4.69) is 15.9 Å². The quantitative estimate of drug-likeness (QED) is 0.727. The summed E-state index contributed by atoms with van der Waals surface area (Å²) in [5.41, 5.74) is 2.12. The maximum atomic E-state index is 12.3. The molecule has 1 rings (SSSR count). The van der Waals surface area contributed by atoms with Gasteiger partial charge in [0.05, 0.1) is 6.67 Å². The van der Waals surface area contributed by atoms with Gasteiger partial charge in [-0.1, -0.05) is 40.5 Å². The average Bonchev–Trinajstić information content (AvgIpc) is 2.08. The lowest BCUT2D eigenvalue weighted by atomic mass is 10.0. The van der Waals surface area contributed by atoms with E-state index >= 15 is 0 Å². The van der Waals surface area contributed by atoms with Crippen LogP contribution in [0.4, 0.5) is 4.39 Å². The topological polar surface area (TPSA) is 0 Å². The predicted molar refractivity (Wildman–Crippen MR) is 52.9 cm³/mol. The van der Waals surface area contributed by atoms with Crippen LogP contribution in [-0.2, 0) is 0 Å². The molecule has 0 aromatic heterocycles. The lowest BCUT2D eigenvalue weighted by Crippen LogP contribution is -1.98. The maximum Gasteiger partial charge on any atom is 0.0998 e. The Balaban J connectivity index is 3.04. The Bertz CT molecular complexity index is 271. The fourth-order valence-electron chi connectivity index (χ4n) is 1.04. The Labute approximate surface area is 80.9 Å². The molecule has 0 saturated carbocycles. The molecule has 0 saturated heterocycles. The summed E-state index contributed by atoms with van der Waals surface area (Å²) in [4.78, 5) is 0. The third-order valence-electron chi connectivity index (χ3n) is 1.78. The zero-order valence-corrected chi connectivity index (χ0v) is 8.78. The summed E-state index contributed by atoms with van der Waals surface area (Å²) in [6, 6.07) is 5.93. The summed E-state index contributed by atoms with van der Waals surface area (Å²) in [5.74, 6) is 0.769. The van der Waals surface area contributed by atoms with Crippen LogP contribution in [-0.4, -0.2) is 6.67 Å². The van der Waals surface area contributed by atoms with Gasteiger partial charge in [0.2, 0.25) is 0 Å². The minimum Gasteiger partial charge on any atom is -0.250 e. The van der Waals surface area contributed by atoms with Crippen molar-refractivity contribution in [3.63, 3.8) is 0 Å². The van der Waals surface area contributed by atoms with Gasteiger partial charge in [0.1, 0.15) is 0 Å². The van der Waals surface area contributed by atoms with E-state index < -0.39 is 0 Å². The highest BCUT2D eigenvalue weighted by Gasteiger charge is 2.09. The highest BCUT2D eigenvalue weighted by atomic mass is 79.9. The number of halogens is 2. The number of benzene rings is 1. The SMILES string of the molecule is C[C](CF)c1cc(C)ccc1Br. The van der Waals surface area contributed by atoms with Gasteiger partial charge in [0.15, 0.2) is 0 Å². The van der Waals surface area contributed by atoms with Crippen LogP contribution in [0.3, 0.4) is 0 Å². The van der Waals surface area contributed by atoms with Gasteiger partial charge in [-0.3, -0.25) is 4.39 Å². The van der Waals surface area contributed by atoms with Crippen LogP contribution in [0.15, 0.2) is 22.7 Å². The molecule has 0 unspecified atom stereocenters. The van der Waals surface area contributed by atoms with E-state index in [9.17, 15) is 4.39 Å². The Morgan fingerprint density at radius 1 is 1.50 bits per heavy atom. The normalized spacial score (nSPS) is 10.8. The van der Waals surface area contributed by atoms with Crippen LogP contribution in [0.5, 0.6) is 0 Å². The average molecular weight is 230 g/mol. The van der Waals surface area contributed by atoms with E-state index in [-0.39, 0.29) is 6.67 Å². The zero-order valence-electron chi connectivity index (χ0n) is 7.20. The largest absolute Gasteiger partial charge is 0.250 e. The number of alkyl halides is 1. The van der Waals surface area contributed by atoms with Crippen LogP contribution in [0.1, 0.15) is 18.1 Å². The summed E-state index contributed by atoms with van der Waals surface area (Å²) in [5, 5.41) is 0. The molecule has 1 aromatic rings. The molecular weight excluding hydrogens is 219 g/mol. The molecule has 12 heavy (non-hydrogen) atoms. The molecule has 1 radical (unpaired) electrons. The van der Waals surface area contributed by atoms with Crippen LogP contribution in [0, 0.1) is 12.8 Å². The third-order valence-corrected chi connectivity index (χ3v) is 2.47. The maximum absolute atomic E-state index is 12.3. The van der Waals surface area contributed by atoms with Crippen molar-refractivity contribution in [1.29, 1.82) is 0 Å². The molecule has 0 N–H and O–H groups in total. The van der Waals surface area contributed by atoms with Crippen molar-refractivity contribution in [2.24, 2.45) is 0 Å². The first-order valence-corrected chi connectivity index (χ1v) is 4.59. The van der Waals surface area contributed by atoms with Crippen molar-refractivity contribution < 1.29 is 4.39 Å². The van der Waals surface area contributed by atoms with E-state index in [0.29, 0.717) is 0 Å². The van der Waals surface area contributed by atoms with Gasteiger partial charge in [-0.05, 0) is 18.6 Å². The molecule has 0 aliphatic heterocycles. The molecule has 0 bridgehead atoms. The molecule has 0 aliphatic rings. The Kier molecular flexibility index (Phi) is 3.27. The fourth-order valence-corrected chi connectivity index (χ4v) is 1.62. The molecule has 0 atom stereocenters. The number of hydrogen-bond acceptors (Lipinski definition) is 0. The predicted octanol–water partition coefficient (Wildman–Crippen LogP) is 3.67. The second kappa shape index (κ2) is 4.04. The van der Waals surface area contributed by atoms with Gasteiger partial charge in [0.25, 0.3) is 0 Å². The molecule has 0 aliphatic carbocycles. The highest BCUT2D eigenvalue weighted by Crippen LogP contribution is 2.25. The first-order chi connectivity index (χ1) is 5.65. The van der Waals surface area contributed by atoms with E-state index in [1.165, 1.54) is 0 Å². The lowest BCUT2D eigenvalue weighted by Gasteiger charge is -2.09. The van der Waals surface area contributed by atoms with Crippen molar-refractivity contribution >= 4 is 15.9 Å². The molecule has 65 valence electrons. The number of aryl methyl sites for hydroxylation is 1. The standard InChI is InChI=1S/C10H11BrF/c1-7-3-4-10(11)9(5-7)8(2)6-12/h3-5H,6H2,1-2H3. The van der Waals surface area contributed by atoms with Gasteiger partial charge < -0.3 is 0 Å². The smallest absolute Gasteiger partial charge is 0.0998 e. The van der Waals surface area contributed by atoms with Gasteiger partial charge in [-0.15, -0.1) is 0 Å². The zero-order chi connectivity index (χ0) is 9.14. The first-order valence-electron chi connectivity index (χ1n) is 3.80. The Morgan fingerprint density at radius 3 is 2.75 bits per heavy atom. The molecule has 0 heterocycles. The Morgan fingerprint density at radius 2 is 2.17 bits per heavy atom. The molecular formula is C10H11BrF. The van der Waals surface area contributed by atoms with Gasteiger partial charge >= 0.3 is 0 Å². The van der Waals surface area contributed by atoms with E-state index in [4.69, 9.17) is 0 Å². The minimum absolute atomic E-state index is 0.387. The van der Waals surface area contributed by atoms with E-state index in [1.54, 1.807) is 6.92 Å². The van der Waals surface area contributed by atoms with E-state index in [0.717, 1.165) is 21.5 Å². The first kappa shape index (κ1) is 9.72. The van der Waals surface area contributed by atoms with Crippen molar-refractivity contribution in [3.05, 3.63) is 39.7 Å². The van der Waals surface area contributed by atoms with Crippen molar-refractivity contribution in [2.45, 2.75) is 13.8 Å². The monoisotopic (exact) mass is 229 g/mol. The van der Waals surface area contributed by atoms with Crippen LogP contribution in [0.25, 0.3) is 0 Å². The van der Waals surface area contributed by atoms with Crippen molar-refractivity contribution in [1.82, 2.24) is 0 Å². The van der Waals surface area contributed by atoms with Gasteiger partial charge in [-0.2, -0.15) is 0 Å². The molecule has 2 heteroatoms. The number of rotatable bonds is 2. The molecule has 1 aromatic carbocycles. The molecule has 0 spiro atoms. The van der Waals surface area contributed by atoms with Gasteiger partial charge in [0, 0.05) is 10.4 Å². The number of hydrogen-bond donors (Lipinski definition) is 0. The fraction of sp³-hybridized carbons (Fsp3) is 0.300. The second-order valence-corrected chi connectivity index (χ2v) is 3.75. The van der Waals surface area contributed by atoms with Crippen molar-refractivity contribution in [3.8, 4) is 0 Å². The van der Waals surface area contributed by atoms with Crippen LogP contribution in [0.2, 0.25) is 0 Å². The third kappa shape index (κ3) is 2.07. The Hall–Kier alpha value is -0.370. The molecule has 0 fully saturated rings. The van der Waals surface area contributed by atoms with Crippen molar-refractivity contribution in [2.75, 3.05) is 6.67 Å². The summed E-state index contributed by atoms with van der Waals surface area (Å²) >= 11 is 3.38. The minimum atomic E-state index is -0.387.